The number of ether oxygens (including phenoxy) is 1. The molecular weight excluding hydrogens is 504 g/mol. The lowest BCUT2D eigenvalue weighted by molar-refractivity contribution is 0.0404. The fraction of sp³-hybridized carbons (Fsp3) is 0.391. The minimum Gasteiger partial charge on any atom is -0.503 e. The summed E-state index contributed by atoms with van der Waals surface area (Å²) in [6.07, 6.45) is -0.844. The Morgan fingerprint density at radius 3 is 2.59 bits per heavy atom. The van der Waals surface area contributed by atoms with E-state index < -0.39 is 88.0 Å². The number of rotatable bonds is 3. The molecule has 198 valence electrons. The number of oxime groups is 1. The summed E-state index contributed by atoms with van der Waals surface area (Å²) in [5, 5.41) is 16.4. The van der Waals surface area contributed by atoms with E-state index in [4.69, 9.17) is 9.57 Å². The average molecular weight is 526 g/mol. The van der Waals surface area contributed by atoms with E-state index >= 15 is 4.39 Å². The molecule has 14 heteroatoms. The molecule has 0 spiro atoms. The van der Waals surface area contributed by atoms with Crippen molar-refractivity contribution in [2.75, 3.05) is 20.3 Å². The molecule has 1 aromatic carbocycles. The fourth-order valence-corrected chi connectivity index (χ4v) is 4.23. The van der Waals surface area contributed by atoms with E-state index in [9.17, 15) is 32.7 Å². The number of benzene rings is 1. The monoisotopic (exact) mass is 526 g/mol. The van der Waals surface area contributed by atoms with Crippen LogP contribution in [-0.2, 0) is 16.1 Å². The maximum atomic E-state index is 15.6. The van der Waals surface area contributed by atoms with Crippen LogP contribution in [0.25, 0.3) is 0 Å². The lowest BCUT2D eigenvalue weighted by atomic mass is 10.0. The highest BCUT2D eigenvalue weighted by Crippen LogP contribution is 2.32. The maximum absolute atomic E-state index is 15.6. The number of hydrogen-bond acceptors (Lipinski definition) is 7. The number of methoxy groups -OCH3 is 1. The van der Waals surface area contributed by atoms with Crippen LogP contribution >= 0.6 is 0 Å². The van der Waals surface area contributed by atoms with Gasteiger partial charge in [-0.05, 0) is 12.1 Å². The average Bonchev–Trinajstić information content (AvgIpc) is 2.84. The number of hydrogen-bond donors (Lipinski definition) is 2. The third kappa shape index (κ3) is 4.70. The topological polar surface area (TPSA) is 122 Å². The summed E-state index contributed by atoms with van der Waals surface area (Å²) in [7, 11) is 1.16. The highest BCUT2D eigenvalue weighted by atomic mass is 19.1. The van der Waals surface area contributed by atoms with Gasteiger partial charge in [0, 0.05) is 49.4 Å². The molecule has 2 aliphatic heterocycles. The molecule has 2 amide bonds. The van der Waals surface area contributed by atoms with Gasteiger partial charge in [0.05, 0.1) is 13.2 Å². The molecule has 0 aliphatic carbocycles. The second-order valence-electron chi connectivity index (χ2n) is 8.54. The standard InChI is InChI=1S/C23H22F4N4O6/c1-10-3-4-37-29-22(36-2)17(27)16-9-30(10)23(35)18-20(33)19(32)13(8-31(16)18)21(34)28-7-12-14(25)5-11(24)6-15(12)26/h5-6,8,10,16-17,33H,3-4,7,9H2,1-2H3,(H,28,34)/b29-22+/t10-,16?,17+/m0/s1. The van der Waals surface area contributed by atoms with Gasteiger partial charge in [-0.15, -0.1) is 0 Å². The van der Waals surface area contributed by atoms with Crippen LogP contribution in [0.3, 0.4) is 0 Å². The summed E-state index contributed by atoms with van der Waals surface area (Å²) < 4.78 is 62.5. The highest BCUT2D eigenvalue weighted by molar-refractivity contribution is 5.99. The molecule has 0 fully saturated rings. The number of aromatic nitrogens is 1. The molecule has 0 saturated carbocycles. The van der Waals surface area contributed by atoms with Crippen LogP contribution in [0.2, 0.25) is 0 Å². The summed E-state index contributed by atoms with van der Waals surface area (Å²) in [6, 6.07) is -0.932. The molecule has 4 rings (SSSR count). The number of pyridine rings is 1. The smallest absolute Gasteiger partial charge is 0.274 e. The van der Waals surface area contributed by atoms with Gasteiger partial charge in [-0.25, -0.2) is 17.6 Å². The quantitative estimate of drug-likeness (QED) is 0.590. The van der Waals surface area contributed by atoms with E-state index in [1.165, 1.54) is 4.90 Å². The van der Waals surface area contributed by atoms with Gasteiger partial charge in [-0.3, -0.25) is 14.4 Å². The van der Waals surface area contributed by atoms with Crippen LogP contribution in [0.15, 0.2) is 28.3 Å². The van der Waals surface area contributed by atoms with Crippen LogP contribution < -0.4 is 10.7 Å². The first-order valence-corrected chi connectivity index (χ1v) is 11.1. The van der Waals surface area contributed by atoms with Gasteiger partial charge < -0.3 is 29.5 Å². The molecule has 2 N–H and O–H groups in total. The zero-order valence-corrected chi connectivity index (χ0v) is 19.6. The summed E-state index contributed by atoms with van der Waals surface area (Å²) in [4.78, 5) is 45.2. The largest absolute Gasteiger partial charge is 0.503 e. The van der Waals surface area contributed by atoms with Crippen molar-refractivity contribution in [2.24, 2.45) is 5.16 Å². The SMILES string of the molecule is CO/C1=N/OCC[C@H](C)N2CC([C@H]1F)n1cc(C(=O)NCc3c(F)cc(F)cc3F)c(=O)c(O)c1C2=O. The Bertz CT molecular complexity index is 1320. The minimum absolute atomic E-state index is 0.0440. The number of amides is 2. The molecule has 2 bridgehead atoms. The maximum Gasteiger partial charge on any atom is 0.274 e. The first kappa shape index (κ1) is 26.0. The van der Waals surface area contributed by atoms with E-state index in [1.54, 1.807) is 6.92 Å². The second kappa shape index (κ2) is 10.1. The van der Waals surface area contributed by atoms with Gasteiger partial charge in [0.15, 0.2) is 11.4 Å². The van der Waals surface area contributed by atoms with Crippen molar-refractivity contribution in [1.82, 2.24) is 14.8 Å². The number of nitrogens with one attached hydrogen (secondary N) is 1. The van der Waals surface area contributed by atoms with Gasteiger partial charge in [0.25, 0.3) is 17.7 Å². The van der Waals surface area contributed by atoms with Crippen molar-refractivity contribution in [1.29, 1.82) is 0 Å². The Morgan fingerprint density at radius 1 is 1.27 bits per heavy atom. The number of carbonyl (C=O) groups is 2. The van der Waals surface area contributed by atoms with Crippen molar-refractivity contribution in [3.8, 4) is 5.75 Å². The molecule has 10 nitrogen and oxygen atoms in total. The Kier molecular flexibility index (Phi) is 7.09. The molecule has 2 aromatic rings. The number of aromatic hydroxyl groups is 1. The number of alkyl halides is 1. The van der Waals surface area contributed by atoms with E-state index in [1.807, 2.05) is 0 Å². The molecule has 37 heavy (non-hydrogen) atoms. The van der Waals surface area contributed by atoms with Gasteiger partial charge >= 0.3 is 0 Å². The first-order valence-electron chi connectivity index (χ1n) is 11.1. The minimum atomic E-state index is -2.02. The summed E-state index contributed by atoms with van der Waals surface area (Å²) in [6.45, 7) is 0.735. The van der Waals surface area contributed by atoms with Crippen LogP contribution in [-0.4, -0.2) is 64.8 Å². The van der Waals surface area contributed by atoms with Crippen molar-refractivity contribution in [2.45, 2.75) is 38.1 Å². The van der Waals surface area contributed by atoms with Crippen molar-refractivity contribution >= 4 is 17.7 Å². The Labute approximate surface area is 207 Å². The van der Waals surface area contributed by atoms with Gasteiger partial charge in [0.1, 0.15) is 29.6 Å². The normalized spacial score (nSPS) is 22.9. The number of fused-ring (bicyclic) bond motifs is 4. The Balaban J connectivity index is 1.76. The van der Waals surface area contributed by atoms with Gasteiger partial charge in [-0.1, -0.05) is 0 Å². The third-order valence-electron chi connectivity index (χ3n) is 6.29. The van der Waals surface area contributed by atoms with Gasteiger partial charge in [0.2, 0.25) is 11.6 Å². The highest BCUT2D eigenvalue weighted by Gasteiger charge is 2.43. The lowest BCUT2D eigenvalue weighted by Crippen LogP contribution is -2.52. The van der Waals surface area contributed by atoms with Crippen molar-refractivity contribution in [3.63, 3.8) is 0 Å². The van der Waals surface area contributed by atoms with Crippen LogP contribution in [0.1, 0.15) is 45.8 Å². The zero-order chi connectivity index (χ0) is 27.0. The first-order chi connectivity index (χ1) is 17.5. The number of carbonyl (C=O) groups excluding carboxylic acids is 2. The predicted octanol–water partition coefficient (Wildman–Crippen LogP) is 2.00. The van der Waals surface area contributed by atoms with Gasteiger partial charge in [-0.2, -0.15) is 0 Å². The fourth-order valence-electron chi connectivity index (χ4n) is 4.23. The number of halogens is 4. The van der Waals surface area contributed by atoms with Crippen LogP contribution in [0.4, 0.5) is 17.6 Å². The van der Waals surface area contributed by atoms with Crippen LogP contribution in [0.5, 0.6) is 5.75 Å². The summed E-state index contributed by atoms with van der Waals surface area (Å²) in [5.74, 6) is -7.21. The molecule has 0 radical (unpaired) electrons. The van der Waals surface area contributed by atoms with E-state index in [0.717, 1.165) is 17.9 Å². The number of nitrogens with zero attached hydrogens (tertiary/aromatic N) is 3. The zero-order valence-electron chi connectivity index (χ0n) is 19.6. The lowest BCUT2D eigenvalue weighted by Gasteiger charge is -2.40. The third-order valence-corrected chi connectivity index (χ3v) is 6.29. The Morgan fingerprint density at radius 2 is 1.95 bits per heavy atom. The van der Waals surface area contributed by atoms with E-state index in [2.05, 4.69) is 10.5 Å². The molecular formula is C23H22F4N4O6. The molecule has 0 saturated heterocycles. The molecule has 3 heterocycles. The van der Waals surface area contributed by atoms with Crippen molar-refractivity contribution in [3.05, 3.63) is 62.8 Å². The van der Waals surface area contributed by atoms with Crippen LogP contribution in [0, 0.1) is 17.5 Å². The van der Waals surface area contributed by atoms with Crippen molar-refractivity contribution < 1.29 is 41.8 Å². The molecule has 3 atom stereocenters. The predicted molar refractivity (Wildman–Crippen MR) is 119 cm³/mol. The van der Waals surface area contributed by atoms with E-state index in [0.29, 0.717) is 18.6 Å². The second-order valence-corrected chi connectivity index (χ2v) is 8.54. The molecule has 2 aliphatic rings. The summed E-state index contributed by atoms with van der Waals surface area (Å²) in [5.41, 5.74) is -3.19. The van der Waals surface area contributed by atoms with E-state index in [-0.39, 0.29) is 13.2 Å². The molecule has 1 unspecified atom stereocenters. The molecule has 1 aromatic heterocycles. The summed E-state index contributed by atoms with van der Waals surface area (Å²) >= 11 is 0. The Hall–Kier alpha value is -4.10.